The van der Waals surface area contributed by atoms with Crippen LogP contribution in [0.4, 0.5) is 4.39 Å². The van der Waals surface area contributed by atoms with Gasteiger partial charge >= 0.3 is 0 Å². The van der Waals surface area contributed by atoms with E-state index in [4.69, 9.17) is 15.0 Å². The predicted molar refractivity (Wildman–Crippen MR) is 84.8 cm³/mol. The summed E-state index contributed by atoms with van der Waals surface area (Å²) >= 11 is 0. The van der Waals surface area contributed by atoms with Crippen LogP contribution in [0.15, 0.2) is 35.0 Å². The van der Waals surface area contributed by atoms with Gasteiger partial charge in [0.25, 0.3) is 5.89 Å². The van der Waals surface area contributed by atoms with Gasteiger partial charge in [-0.05, 0) is 31.2 Å². The number of fused-ring (bicyclic) bond motifs is 1. The van der Waals surface area contributed by atoms with Crippen molar-refractivity contribution in [2.75, 3.05) is 6.54 Å². The molecule has 1 aromatic carbocycles. The predicted octanol–water partition coefficient (Wildman–Crippen LogP) is 2.51. The summed E-state index contributed by atoms with van der Waals surface area (Å²) in [5.74, 6) is 0.846. The van der Waals surface area contributed by atoms with E-state index in [9.17, 15) is 4.39 Å². The van der Waals surface area contributed by atoms with Crippen LogP contribution < -0.4 is 10.5 Å². The largest absolute Gasteiger partial charge is 0.485 e. The van der Waals surface area contributed by atoms with Crippen molar-refractivity contribution < 1.29 is 13.7 Å². The summed E-state index contributed by atoms with van der Waals surface area (Å²) in [6.07, 6.45) is 2.05. The van der Waals surface area contributed by atoms with Crippen molar-refractivity contribution in [3.63, 3.8) is 0 Å². The van der Waals surface area contributed by atoms with Crippen LogP contribution in [-0.4, -0.2) is 27.8 Å². The van der Waals surface area contributed by atoms with Crippen molar-refractivity contribution in [1.82, 2.24) is 15.1 Å². The lowest BCUT2D eigenvalue weighted by atomic mass is 10.0. The summed E-state index contributed by atoms with van der Waals surface area (Å²) < 4.78 is 25.0. The van der Waals surface area contributed by atoms with E-state index in [0.717, 1.165) is 11.1 Å². The Bertz CT molecular complexity index is 909. The van der Waals surface area contributed by atoms with E-state index >= 15 is 0 Å². The summed E-state index contributed by atoms with van der Waals surface area (Å²) in [4.78, 5) is 8.52. The van der Waals surface area contributed by atoms with Crippen molar-refractivity contribution >= 4 is 0 Å². The van der Waals surface area contributed by atoms with Crippen LogP contribution in [-0.2, 0) is 6.42 Å². The molecule has 3 heterocycles. The fourth-order valence-electron chi connectivity index (χ4n) is 2.80. The molecule has 0 bridgehead atoms. The average Bonchev–Trinajstić information content (AvgIpc) is 3.21. The van der Waals surface area contributed by atoms with Crippen molar-refractivity contribution in [2.45, 2.75) is 19.4 Å². The fourth-order valence-corrected chi connectivity index (χ4v) is 2.80. The first-order valence-electron chi connectivity index (χ1n) is 7.60. The molecule has 0 aliphatic carbocycles. The van der Waals surface area contributed by atoms with Crippen molar-refractivity contribution in [1.29, 1.82) is 0 Å². The standard InChI is InChI=1S/C17H15FN4O2/c1-9-21-17(24-22-9)10-2-3-20-15(7-10)11-4-12-5-13(8-19)23-16(12)14(18)6-11/h2-4,6-7,13H,5,8,19H2,1H3/t13-/m0/s1. The van der Waals surface area contributed by atoms with Gasteiger partial charge in [0.15, 0.2) is 17.4 Å². The number of ether oxygens (including phenoxy) is 1. The van der Waals surface area contributed by atoms with E-state index in [1.807, 2.05) is 6.07 Å². The van der Waals surface area contributed by atoms with E-state index in [2.05, 4.69) is 15.1 Å². The van der Waals surface area contributed by atoms with Crippen molar-refractivity contribution in [2.24, 2.45) is 5.73 Å². The minimum atomic E-state index is -0.403. The number of pyridine rings is 1. The van der Waals surface area contributed by atoms with Gasteiger partial charge in [0.1, 0.15) is 6.10 Å². The van der Waals surface area contributed by atoms with Gasteiger partial charge < -0.3 is 15.0 Å². The zero-order valence-corrected chi connectivity index (χ0v) is 13.0. The lowest BCUT2D eigenvalue weighted by Gasteiger charge is -2.07. The highest BCUT2D eigenvalue weighted by Crippen LogP contribution is 2.35. The molecule has 0 fully saturated rings. The monoisotopic (exact) mass is 326 g/mol. The number of hydrogen-bond acceptors (Lipinski definition) is 6. The smallest absolute Gasteiger partial charge is 0.258 e. The van der Waals surface area contributed by atoms with Crippen molar-refractivity contribution in [3.05, 3.63) is 47.7 Å². The normalized spacial score (nSPS) is 16.0. The molecule has 0 amide bonds. The SMILES string of the molecule is Cc1noc(-c2ccnc(-c3cc(F)c4c(c3)C[C@@H](CN)O4)c2)n1. The Hall–Kier alpha value is -2.80. The Kier molecular flexibility index (Phi) is 3.50. The summed E-state index contributed by atoms with van der Waals surface area (Å²) in [5, 5.41) is 3.78. The van der Waals surface area contributed by atoms with Gasteiger partial charge in [-0.3, -0.25) is 4.98 Å². The summed E-state index contributed by atoms with van der Waals surface area (Å²) in [5.41, 5.74) is 8.45. The molecule has 0 unspecified atom stereocenters. The third-order valence-corrected chi connectivity index (χ3v) is 3.95. The minimum Gasteiger partial charge on any atom is -0.485 e. The van der Waals surface area contributed by atoms with Crippen molar-refractivity contribution in [3.8, 4) is 28.5 Å². The molecule has 2 N–H and O–H groups in total. The van der Waals surface area contributed by atoms with Gasteiger partial charge in [0, 0.05) is 35.9 Å². The quantitative estimate of drug-likeness (QED) is 0.796. The number of nitrogens with two attached hydrogens (primary N) is 1. The molecule has 6 nitrogen and oxygen atoms in total. The van der Waals surface area contributed by atoms with Crippen LogP contribution in [0, 0.1) is 12.7 Å². The first-order valence-corrected chi connectivity index (χ1v) is 7.60. The maximum Gasteiger partial charge on any atom is 0.258 e. The highest BCUT2D eigenvalue weighted by Gasteiger charge is 2.26. The topological polar surface area (TPSA) is 87.1 Å². The summed E-state index contributed by atoms with van der Waals surface area (Å²) in [6, 6.07) is 6.88. The molecular weight excluding hydrogens is 311 g/mol. The molecule has 1 atom stereocenters. The highest BCUT2D eigenvalue weighted by atomic mass is 19.1. The Balaban J connectivity index is 1.74. The molecule has 1 aliphatic rings. The molecule has 1 aliphatic heterocycles. The molecule has 7 heteroatoms. The fraction of sp³-hybridized carbons (Fsp3) is 0.235. The Morgan fingerprint density at radius 2 is 2.17 bits per heavy atom. The maximum atomic E-state index is 14.3. The van der Waals surface area contributed by atoms with Gasteiger partial charge in [-0.25, -0.2) is 4.39 Å². The number of hydrogen-bond donors (Lipinski definition) is 1. The number of nitrogens with zero attached hydrogens (tertiary/aromatic N) is 3. The van der Waals surface area contributed by atoms with E-state index in [0.29, 0.717) is 35.9 Å². The number of benzene rings is 1. The molecule has 24 heavy (non-hydrogen) atoms. The lowest BCUT2D eigenvalue weighted by Crippen LogP contribution is -2.24. The summed E-state index contributed by atoms with van der Waals surface area (Å²) in [7, 11) is 0. The Morgan fingerprint density at radius 1 is 1.29 bits per heavy atom. The van der Waals surface area contributed by atoms with Gasteiger partial charge in [-0.2, -0.15) is 4.98 Å². The maximum absolute atomic E-state index is 14.3. The first-order chi connectivity index (χ1) is 11.6. The number of aromatic nitrogens is 3. The molecule has 3 aromatic rings. The molecule has 0 spiro atoms. The molecule has 4 rings (SSSR count). The van der Waals surface area contributed by atoms with Gasteiger partial charge in [-0.15, -0.1) is 0 Å². The third kappa shape index (κ3) is 2.52. The molecular formula is C17H15FN4O2. The zero-order valence-electron chi connectivity index (χ0n) is 13.0. The van der Waals surface area contributed by atoms with E-state index in [1.165, 1.54) is 6.07 Å². The van der Waals surface area contributed by atoms with Crippen LogP contribution in [0.1, 0.15) is 11.4 Å². The first kappa shape index (κ1) is 14.8. The van der Waals surface area contributed by atoms with Gasteiger partial charge in [0.2, 0.25) is 0 Å². The van der Waals surface area contributed by atoms with Crippen LogP contribution >= 0.6 is 0 Å². The van der Waals surface area contributed by atoms with Gasteiger partial charge in [0.05, 0.1) is 5.69 Å². The van der Waals surface area contributed by atoms with E-state index < -0.39 is 5.82 Å². The second-order valence-electron chi connectivity index (χ2n) is 5.70. The van der Waals surface area contributed by atoms with Crippen LogP contribution in [0.3, 0.4) is 0 Å². The highest BCUT2D eigenvalue weighted by molar-refractivity contribution is 5.68. The van der Waals surface area contributed by atoms with E-state index in [-0.39, 0.29) is 11.9 Å². The summed E-state index contributed by atoms with van der Waals surface area (Å²) in [6.45, 7) is 2.10. The average molecular weight is 326 g/mol. The number of rotatable bonds is 3. The zero-order chi connectivity index (χ0) is 16.7. The number of aryl methyl sites for hydroxylation is 1. The second-order valence-corrected chi connectivity index (χ2v) is 5.70. The van der Waals surface area contributed by atoms with E-state index in [1.54, 1.807) is 25.3 Å². The Morgan fingerprint density at radius 3 is 2.92 bits per heavy atom. The molecule has 0 saturated heterocycles. The van der Waals surface area contributed by atoms with Crippen LogP contribution in [0.5, 0.6) is 5.75 Å². The second kappa shape index (κ2) is 5.68. The Labute approximate surface area is 137 Å². The van der Waals surface area contributed by atoms with Crippen LogP contribution in [0.2, 0.25) is 0 Å². The van der Waals surface area contributed by atoms with Gasteiger partial charge in [-0.1, -0.05) is 5.16 Å². The molecule has 2 aromatic heterocycles. The van der Waals surface area contributed by atoms with Crippen LogP contribution in [0.25, 0.3) is 22.7 Å². The lowest BCUT2D eigenvalue weighted by molar-refractivity contribution is 0.232. The molecule has 0 radical (unpaired) electrons. The number of halogens is 1. The third-order valence-electron chi connectivity index (χ3n) is 3.95. The molecule has 122 valence electrons. The minimum absolute atomic E-state index is 0.176. The molecule has 0 saturated carbocycles.